The van der Waals surface area contributed by atoms with Crippen molar-refractivity contribution < 1.29 is 9.90 Å². The quantitative estimate of drug-likeness (QED) is 0.774. The maximum Gasteiger partial charge on any atom is 0.347 e. The predicted octanol–water partition coefficient (Wildman–Crippen LogP) is 0.246. The van der Waals surface area contributed by atoms with Gasteiger partial charge in [-0.3, -0.25) is 4.90 Å². The summed E-state index contributed by atoms with van der Waals surface area (Å²) in [6.45, 7) is 4.49. The minimum atomic E-state index is -0.873. The van der Waals surface area contributed by atoms with Gasteiger partial charge in [0.1, 0.15) is 4.88 Å². The second kappa shape index (κ2) is 4.69. The first kappa shape index (κ1) is 10.5. The zero-order valence-electron chi connectivity index (χ0n) is 8.27. The van der Waals surface area contributed by atoms with E-state index < -0.39 is 5.97 Å². The molecule has 0 spiro atoms. The van der Waals surface area contributed by atoms with Crippen LogP contribution in [0.2, 0.25) is 0 Å². The van der Waals surface area contributed by atoms with Gasteiger partial charge in [-0.1, -0.05) is 0 Å². The number of hydrogen-bond acceptors (Lipinski definition) is 5. The van der Waals surface area contributed by atoms with Gasteiger partial charge in [0.15, 0.2) is 0 Å². The van der Waals surface area contributed by atoms with Crippen LogP contribution in [-0.2, 0) is 6.54 Å². The van der Waals surface area contributed by atoms with Gasteiger partial charge in [0.2, 0.25) is 0 Å². The molecule has 1 aliphatic heterocycles. The van der Waals surface area contributed by atoms with Crippen molar-refractivity contribution >= 4 is 17.3 Å². The van der Waals surface area contributed by atoms with E-state index in [1.807, 2.05) is 0 Å². The monoisotopic (exact) mass is 227 g/mol. The standard InChI is InChI=1S/C9H13N3O2S/c13-9(14)8-7(11-6-15-8)5-12-3-1-10-2-4-12/h6,10H,1-5H2,(H,13,14). The van der Waals surface area contributed by atoms with Crippen LogP contribution in [0.5, 0.6) is 0 Å². The lowest BCUT2D eigenvalue weighted by atomic mass is 10.3. The lowest BCUT2D eigenvalue weighted by molar-refractivity contribution is 0.0699. The van der Waals surface area contributed by atoms with Gasteiger partial charge in [-0.25, -0.2) is 9.78 Å². The molecule has 0 radical (unpaired) electrons. The lowest BCUT2D eigenvalue weighted by Crippen LogP contribution is -2.43. The average Bonchev–Trinajstić information content (AvgIpc) is 2.67. The molecule has 15 heavy (non-hydrogen) atoms. The molecule has 2 rings (SSSR count). The van der Waals surface area contributed by atoms with Crippen molar-refractivity contribution in [3.05, 3.63) is 16.1 Å². The Bertz CT molecular complexity index is 347. The fourth-order valence-electron chi connectivity index (χ4n) is 1.64. The molecule has 6 heteroatoms. The smallest absolute Gasteiger partial charge is 0.347 e. The third-order valence-corrected chi connectivity index (χ3v) is 3.28. The van der Waals surface area contributed by atoms with E-state index in [4.69, 9.17) is 5.11 Å². The number of carboxylic acids is 1. The van der Waals surface area contributed by atoms with E-state index >= 15 is 0 Å². The van der Waals surface area contributed by atoms with Crippen molar-refractivity contribution in [2.24, 2.45) is 0 Å². The summed E-state index contributed by atoms with van der Waals surface area (Å²) < 4.78 is 0. The lowest BCUT2D eigenvalue weighted by Gasteiger charge is -2.26. The maximum absolute atomic E-state index is 10.9. The summed E-state index contributed by atoms with van der Waals surface area (Å²) in [7, 11) is 0. The Morgan fingerprint density at radius 3 is 3.00 bits per heavy atom. The van der Waals surface area contributed by atoms with E-state index in [9.17, 15) is 4.79 Å². The van der Waals surface area contributed by atoms with Crippen molar-refractivity contribution in [2.45, 2.75) is 6.54 Å². The van der Waals surface area contributed by atoms with Gasteiger partial charge in [-0.15, -0.1) is 11.3 Å². The third-order valence-electron chi connectivity index (χ3n) is 2.42. The van der Waals surface area contributed by atoms with Crippen molar-refractivity contribution in [1.82, 2.24) is 15.2 Å². The van der Waals surface area contributed by atoms with Gasteiger partial charge in [0.25, 0.3) is 0 Å². The largest absolute Gasteiger partial charge is 0.477 e. The normalized spacial score (nSPS) is 17.9. The van der Waals surface area contributed by atoms with E-state index in [1.165, 1.54) is 11.3 Å². The summed E-state index contributed by atoms with van der Waals surface area (Å²) in [4.78, 5) is 17.6. The number of carbonyl (C=O) groups is 1. The van der Waals surface area contributed by atoms with Crippen molar-refractivity contribution in [3.63, 3.8) is 0 Å². The molecule has 1 aromatic heterocycles. The second-order valence-corrected chi connectivity index (χ2v) is 4.31. The second-order valence-electron chi connectivity index (χ2n) is 3.46. The number of aromatic carboxylic acids is 1. The molecule has 2 heterocycles. The summed E-state index contributed by atoms with van der Waals surface area (Å²) in [5.41, 5.74) is 2.29. The highest BCUT2D eigenvalue weighted by molar-refractivity contribution is 7.11. The predicted molar refractivity (Wildman–Crippen MR) is 57.2 cm³/mol. The fourth-order valence-corrected chi connectivity index (χ4v) is 2.28. The Hall–Kier alpha value is -0.980. The Balaban J connectivity index is 2.03. The number of hydrogen-bond donors (Lipinski definition) is 2. The van der Waals surface area contributed by atoms with Crippen molar-refractivity contribution in [1.29, 1.82) is 0 Å². The molecule has 0 bridgehead atoms. The van der Waals surface area contributed by atoms with Crippen LogP contribution in [0.15, 0.2) is 5.51 Å². The van der Waals surface area contributed by atoms with E-state index in [2.05, 4.69) is 15.2 Å². The van der Waals surface area contributed by atoms with Gasteiger partial charge in [0, 0.05) is 32.7 Å². The van der Waals surface area contributed by atoms with Gasteiger partial charge in [-0.05, 0) is 0 Å². The Morgan fingerprint density at radius 1 is 1.60 bits per heavy atom. The molecule has 82 valence electrons. The van der Waals surface area contributed by atoms with Gasteiger partial charge in [0.05, 0.1) is 11.2 Å². The minimum absolute atomic E-state index is 0.369. The molecule has 1 aromatic rings. The third kappa shape index (κ3) is 2.53. The number of nitrogens with zero attached hydrogens (tertiary/aromatic N) is 2. The first-order valence-corrected chi connectivity index (χ1v) is 5.74. The van der Waals surface area contributed by atoms with E-state index in [1.54, 1.807) is 5.51 Å². The van der Waals surface area contributed by atoms with Crippen LogP contribution in [0.25, 0.3) is 0 Å². The molecule has 0 saturated carbocycles. The average molecular weight is 227 g/mol. The topological polar surface area (TPSA) is 65.5 Å². The number of piperazine rings is 1. The van der Waals surface area contributed by atoms with Crippen LogP contribution in [0, 0.1) is 0 Å². The van der Waals surface area contributed by atoms with Crippen molar-refractivity contribution in [3.8, 4) is 0 Å². The van der Waals surface area contributed by atoms with Crippen LogP contribution in [0.4, 0.5) is 0 Å². The SMILES string of the molecule is O=C(O)c1scnc1CN1CCNCC1. The highest BCUT2D eigenvalue weighted by Gasteiger charge is 2.17. The molecule has 1 saturated heterocycles. The summed E-state index contributed by atoms with van der Waals surface area (Å²) in [5.74, 6) is -0.873. The van der Waals surface area contributed by atoms with Crippen molar-refractivity contribution in [2.75, 3.05) is 26.2 Å². The highest BCUT2D eigenvalue weighted by atomic mass is 32.1. The molecule has 0 atom stereocenters. The fraction of sp³-hybridized carbons (Fsp3) is 0.556. The number of nitrogens with one attached hydrogen (secondary N) is 1. The summed E-state index contributed by atoms with van der Waals surface area (Å²) >= 11 is 1.19. The number of rotatable bonds is 3. The number of carboxylic acid groups (broad SMARTS) is 1. The molecule has 0 amide bonds. The summed E-state index contributed by atoms with van der Waals surface area (Å²) in [5, 5.41) is 12.2. The van der Waals surface area contributed by atoms with Crippen LogP contribution in [0.3, 0.4) is 0 Å². The Kier molecular flexibility index (Phi) is 3.30. The number of aromatic nitrogens is 1. The molecule has 1 fully saturated rings. The van der Waals surface area contributed by atoms with Gasteiger partial charge < -0.3 is 10.4 Å². The van der Waals surface area contributed by atoms with Crippen LogP contribution in [0.1, 0.15) is 15.4 Å². The Labute approximate surface area is 91.7 Å². The van der Waals surface area contributed by atoms with Crippen LogP contribution < -0.4 is 5.32 Å². The van der Waals surface area contributed by atoms with E-state index in [-0.39, 0.29) is 0 Å². The molecule has 0 unspecified atom stereocenters. The summed E-state index contributed by atoms with van der Waals surface area (Å²) in [6.07, 6.45) is 0. The van der Waals surface area contributed by atoms with Crippen LogP contribution in [-0.4, -0.2) is 47.1 Å². The maximum atomic E-state index is 10.9. The van der Waals surface area contributed by atoms with E-state index in [0.29, 0.717) is 17.1 Å². The zero-order chi connectivity index (χ0) is 10.7. The minimum Gasteiger partial charge on any atom is -0.477 e. The molecular formula is C9H13N3O2S. The van der Waals surface area contributed by atoms with Crippen LogP contribution >= 0.6 is 11.3 Å². The highest BCUT2D eigenvalue weighted by Crippen LogP contribution is 2.15. The molecular weight excluding hydrogens is 214 g/mol. The molecule has 2 N–H and O–H groups in total. The van der Waals surface area contributed by atoms with Gasteiger partial charge >= 0.3 is 5.97 Å². The molecule has 0 aromatic carbocycles. The first-order chi connectivity index (χ1) is 7.27. The van der Waals surface area contributed by atoms with Gasteiger partial charge in [-0.2, -0.15) is 0 Å². The molecule has 5 nitrogen and oxygen atoms in total. The number of thiazole rings is 1. The molecule has 1 aliphatic rings. The first-order valence-electron chi connectivity index (χ1n) is 4.86. The zero-order valence-corrected chi connectivity index (χ0v) is 9.09. The summed E-state index contributed by atoms with van der Waals surface area (Å²) in [6, 6.07) is 0. The Morgan fingerprint density at radius 2 is 2.33 bits per heavy atom. The molecule has 0 aliphatic carbocycles. The van der Waals surface area contributed by atoms with E-state index in [0.717, 1.165) is 26.2 Å².